The van der Waals surface area contributed by atoms with Crippen molar-refractivity contribution >= 4 is 5.91 Å². The van der Waals surface area contributed by atoms with E-state index in [0.29, 0.717) is 6.42 Å². The normalized spacial score (nSPS) is 12.7. The minimum absolute atomic E-state index is 0.0641. The lowest BCUT2D eigenvalue weighted by Crippen LogP contribution is -2.45. The molecule has 0 aliphatic carbocycles. The van der Waals surface area contributed by atoms with Crippen molar-refractivity contribution in [2.24, 2.45) is 0 Å². The van der Waals surface area contributed by atoms with Crippen LogP contribution in [0.3, 0.4) is 0 Å². The van der Waals surface area contributed by atoms with Gasteiger partial charge in [0.1, 0.15) is 0 Å². The van der Waals surface area contributed by atoms with Crippen LogP contribution in [-0.4, -0.2) is 34.9 Å². The summed E-state index contributed by atoms with van der Waals surface area (Å²) in [6, 6.07) is -0.638. The Kier molecular flexibility index (Phi) is 66.1. The molecule has 0 fully saturated rings. The minimum Gasteiger partial charge on any atom is -0.394 e. The van der Waals surface area contributed by atoms with Gasteiger partial charge in [-0.2, -0.15) is 0 Å². The highest BCUT2D eigenvalue weighted by Gasteiger charge is 2.18. The molecule has 0 saturated heterocycles. The van der Waals surface area contributed by atoms with E-state index in [0.717, 1.165) is 32.1 Å². The van der Waals surface area contributed by atoms with Crippen LogP contribution in [0.25, 0.3) is 0 Å². The smallest absolute Gasteiger partial charge is 0.220 e. The second-order valence-corrected chi connectivity index (χ2v) is 24.3. The standard InChI is InChI=1S/C71H139NO3/c1-3-5-7-9-11-13-15-17-19-21-23-25-27-29-31-32-33-34-35-36-37-38-39-40-41-43-45-47-49-51-53-55-57-59-61-63-65-67-71(75)72-69(68-73)70(74)66-64-62-60-58-56-54-52-50-48-46-44-42-30-28-26-24-22-20-18-16-14-12-10-8-6-4-2/h56,58,64,66,69-70,73-74H,3-55,57,59-63,65,67-68H2,1-2H3,(H,72,75)/b58-56+,66-64+. The molecule has 0 rings (SSSR count). The Hall–Kier alpha value is -1.13. The highest BCUT2D eigenvalue weighted by molar-refractivity contribution is 5.76. The third-order valence-electron chi connectivity index (χ3n) is 16.7. The number of amides is 1. The summed E-state index contributed by atoms with van der Waals surface area (Å²) in [5.41, 5.74) is 0. The fourth-order valence-corrected chi connectivity index (χ4v) is 11.4. The van der Waals surface area contributed by atoms with Gasteiger partial charge in [0.05, 0.1) is 18.8 Å². The van der Waals surface area contributed by atoms with E-state index in [4.69, 9.17) is 0 Å². The maximum absolute atomic E-state index is 12.5. The fourth-order valence-electron chi connectivity index (χ4n) is 11.4. The zero-order valence-electron chi connectivity index (χ0n) is 51.6. The zero-order chi connectivity index (χ0) is 54.1. The van der Waals surface area contributed by atoms with Crippen molar-refractivity contribution < 1.29 is 15.0 Å². The first-order valence-corrected chi connectivity index (χ1v) is 35.1. The molecule has 1 amide bonds. The number of nitrogens with one attached hydrogen (secondary N) is 1. The Balaban J connectivity index is 3.41. The van der Waals surface area contributed by atoms with Gasteiger partial charge in [0.15, 0.2) is 0 Å². The van der Waals surface area contributed by atoms with E-state index in [2.05, 4.69) is 31.3 Å². The number of aliphatic hydroxyl groups is 2. The van der Waals surface area contributed by atoms with Crippen molar-refractivity contribution in [2.45, 2.75) is 418 Å². The predicted octanol–water partition coefficient (Wildman–Crippen LogP) is 23.8. The maximum atomic E-state index is 12.5. The summed E-state index contributed by atoms with van der Waals surface area (Å²) in [6.07, 6.45) is 91.4. The molecule has 0 saturated carbocycles. The van der Waals surface area contributed by atoms with Crippen LogP contribution >= 0.6 is 0 Å². The van der Waals surface area contributed by atoms with Crippen molar-refractivity contribution in [1.29, 1.82) is 0 Å². The number of hydrogen-bond acceptors (Lipinski definition) is 3. The molecule has 3 N–H and O–H groups in total. The molecule has 0 aliphatic rings. The van der Waals surface area contributed by atoms with Crippen LogP contribution in [-0.2, 0) is 4.79 Å². The monoisotopic (exact) mass is 1050 g/mol. The van der Waals surface area contributed by atoms with Gasteiger partial charge >= 0.3 is 0 Å². The molecule has 4 nitrogen and oxygen atoms in total. The molecular formula is C71H139NO3. The minimum atomic E-state index is -0.861. The molecule has 446 valence electrons. The van der Waals surface area contributed by atoms with Crippen LogP contribution in [0.5, 0.6) is 0 Å². The van der Waals surface area contributed by atoms with Gasteiger partial charge in [-0.25, -0.2) is 0 Å². The maximum Gasteiger partial charge on any atom is 0.220 e. The number of allylic oxidation sites excluding steroid dienone is 3. The topological polar surface area (TPSA) is 69.6 Å². The summed E-state index contributed by atoms with van der Waals surface area (Å²) < 4.78 is 0. The number of carbonyl (C=O) groups excluding carboxylic acids is 1. The summed E-state index contributed by atoms with van der Waals surface area (Å²) >= 11 is 0. The summed E-state index contributed by atoms with van der Waals surface area (Å²) in [5, 5.41) is 23.3. The molecule has 0 aromatic carbocycles. The van der Waals surface area contributed by atoms with E-state index >= 15 is 0 Å². The molecule has 2 atom stereocenters. The number of unbranched alkanes of at least 4 members (excludes halogenated alkanes) is 57. The molecule has 0 aromatic rings. The largest absolute Gasteiger partial charge is 0.394 e. The Morgan fingerprint density at radius 1 is 0.307 bits per heavy atom. The molecule has 2 unspecified atom stereocenters. The molecule has 0 spiro atoms. The second kappa shape index (κ2) is 67.1. The first kappa shape index (κ1) is 73.9. The van der Waals surface area contributed by atoms with Crippen LogP contribution < -0.4 is 5.32 Å². The molecular weight excluding hydrogens is 915 g/mol. The molecule has 4 heteroatoms. The Morgan fingerprint density at radius 2 is 0.520 bits per heavy atom. The number of hydrogen-bond donors (Lipinski definition) is 3. The third-order valence-corrected chi connectivity index (χ3v) is 16.7. The third kappa shape index (κ3) is 63.6. The molecule has 0 bridgehead atoms. The van der Waals surface area contributed by atoms with Crippen LogP contribution in [0, 0.1) is 0 Å². The number of rotatable bonds is 66. The Morgan fingerprint density at radius 3 is 0.773 bits per heavy atom. The lowest BCUT2D eigenvalue weighted by atomic mass is 10.0. The molecule has 0 aromatic heterocycles. The van der Waals surface area contributed by atoms with Gasteiger partial charge in [-0.05, 0) is 32.1 Å². The average Bonchev–Trinajstić information content (AvgIpc) is 3.41. The van der Waals surface area contributed by atoms with Crippen molar-refractivity contribution in [1.82, 2.24) is 5.32 Å². The zero-order valence-corrected chi connectivity index (χ0v) is 51.6. The van der Waals surface area contributed by atoms with Gasteiger partial charge in [-0.1, -0.05) is 391 Å². The van der Waals surface area contributed by atoms with E-state index in [1.807, 2.05) is 6.08 Å². The van der Waals surface area contributed by atoms with Gasteiger partial charge in [0.2, 0.25) is 5.91 Å². The highest BCUT2D eigenvalue weighted by atomic mass is 16.3. The lowest BCUT2D eigenvalue weighted by molar-refractivity contribution is -0.123. The summed E-state index contributed by atoms with van der Waals surface area (Å²) in [5.74, 6) is -0.0641. The highest BCUT2D eigenvalue weighted by Crippen LogP contribution is 2.19. The first-order valence-electron chi connectivity index (χ1n) is 35.1. The second-order valence-electron chi connectivity index (χ2n) is 24.3. The molecule has 0 heterocycles. The van der Waals surface area contributed by atoms with Gasteiger partial charge < -0.3 is 15.5 Å². The van der Waals surface area contributed by atoms with Crippen molar-refractivity contribution in [3.8, 4) is 0 Å². The van der Waals surface area contributed by atoms with Crippen LogP contribution in [0.4, 0.5) is 0 Å². The van der Waals surface area contributed by atoms with Gasteiger partial charge in [0.25, 0.3) is 0 Å². The molecule has 0 radical (unpaired) electrons. The fraction of sp³-hybridized carbons (Fsp3) is 0.930. The quantitative estimate of drug-likeness (QED) is 0.0420. The summed E-state index contributed by atoms with van der Waals surface area (Å²) in [6.45, 7) is 4.35. The summed E-state index contributed by atoms with van der Waals surface area (Å²) in [7, 11) is 0. The number of aliphatic hydroxyl groups excluding tert-OH is 2. The Bertz CT molecular complexity index is 1100. The lowest BCUT2D eigenvalue weighted by Gasteiger charge is -2.19. The van der Waals surface area contributed by atoms with Gasteiger partial charge in [0, 0.05) is 6.42 Å². The van der Waals surface area contributed by atoms with E-state index in [1.54, 1.807) is 6.08 Å². The Labute approximate surface area is 472 Å². The van der Waals surface area contributed by atoms with Crippen molar-refractivity contribution in [3.05, 3.63) is 24.3 Å². The first-order chi connectivity index (χ1) is 37.2. The molecule has 0 aliphatic heterocycles. The molecule has 75 heavy (non-hydrogen) atoms. The van der Waals surface area contributed by atoms with Crippen LogP contribution in [0.2, 0.25) is 0 Å². The van der Waals surface area contributed by atoms with E-state index in [-0.39, 0.29) is 12.5 Å². The SMILES string of the molecule is CCCCCCCCCCCCCCCCCCCCCC/C=C/CC/C=C/C(O)C(CO)NC(=O)CCCCCCCCCCCCCCCCCCCCCCCCCCCCCCCCCCCCCCC. The average molecular weight is 1050 g/mol. The van der Waals surface area contributed by atoms with E-state index < -0.39 is 12.1 Å². The number of carbonyl (C=O) groups is 1. The van der Waals surface area contributed by atoms with Crippen LogP contribution in [0.1, 0.15) is 406 Å². The predicted molar refractivity (Wildman–Crippen MR) is 336 cm³/mol. The van der Waals surface area contributed by atoms with Crippen LogP contribution in [0.15, 0.2) is 24.3 Å². The van der Waals surface area contributed by atoms with E-state index in [9.17, 15) is 15.0 Å². The summed E-state index contributed by atoms with van der Waals surface area (Å²) in [4.78, 5) is 12.5. The van der Waals surface area contributed by atoms with Crippen molar-refractivity contribution in [2.75, 3.05) is 6.61 Å². The van der Waals surface area contributed by atoms with Gasteiger partial charge in [-0.3, -0.25) is 4.79 Å². The van der Waals surface area contributed by atoms with Gasteiger partial charge in [-0.15, -0.1) is 0 Å². The van der Waals surface area contributed by atoms with E-state index in [1.165, 1.54) is 353 Å². The van der Waals surface area contributed by atoms with Crippen molar-refractivity contribution in [3.63, 3.8) is 0 Å².